The van der Waals surface area contributed by atoms with Crippen LogP contribution in [0.4, 0.5) is 5.82 Å². The van der Waals surface area contributed by atoms with E-state index in [9.17, 15) is 0 Å². The van der Waals surface area contributed by atoms with E-state index in [-0.39, 0.29) is 6.04 Å². The fourth-order valence-electron chi connectivity index (χ4n) is 4.93. The van der Waals surface area contributed by atoms with Gasteiger partial charge in [0.2, 0.25) is 0 Å². The van der Waals surface area contributed by atoms with Crippen LogP contribution in [-0.2, 0) is 9.47 Å². The number of ether oxygens (including phenoxy) is 2. The number of anilines is 1. The Hall–Kier alpha value is -2.71. The molecule has 3 atom stereocenters. The number of morpholine rings is 1. The molecule has 8 nitrogen and oxygen atoms in total. The molecule has 2 fully saturated rings. The van der Waals surface area contributed by atoms with E-state index in [0.717, 1.165) is 55.1 Å². The van der Waals surface area contributed by atoms with Crippen LogP contribution in [0.1, 0.15) is 38.2 Å². The van der Waals surface area contributed by atoms with E-state index in [1.807, 2.05) is 16.9 Å². The Morgan fingerprint density at radius 2 is 2.13 bits per heavy atom. The number of fused-ring (bicyclic) bond motifs is 3. The third-order valence-electron chi connectivity index (χ3n) is 6.51. The van der Waals surface area contributed by atoms with E-state index in [2.05, 4.69) is 39.3 Å². The number of H-pyrrole nitrogens is 1. The first kappa shape index (κ1) is 18.1. The highest BCUT2D eigenvalue weighted by atomic mass is 16.5. The third kappa shape index (κ3) is 3.02. The van der Waals surface area contributed by atoms with Crippen LogP contribution in [-0.4, -0.2) is 63.0 Å². The van der Waals surface area contributed by atoms with E-state index < -0.39 is 0 Å². The van der Waals surface area contributed by atoms with Gasteiger partial charge in [-0.15, -0.1) is 0 Å². The van der Waals surface area contributed by atoms with E-state index in [4.69, 9.17) is 14.5 Å². The molecule has 6 rings (SSSR count). The minimum absolute atomic E-state index is 0.278. The molecule has 0 amide bonds. The molecule has 8 heteroatoms. The fraction of sp³-hybridized carbons (Fsp3) is 0.500. The van der Waals surface area contributed by atoms with Gasteiger partial charge in [0.15, 0.2) is 11.5 Å². The summed E-state index contributed by atoms with van der Waals surface area (Å²) in [5.74, 6) is 1.72. The highest BCUT2D eigenvalue weighted by Gasteiger charge is 2.30. The van der Waals surface area contributed by atoms with Crippen molar-refractivity contribution in [1.82, 2.24) is 25.0 Å². The summed E-state index contributed by atoms with van der Waals surface area (Å²) in [6.07, 6.45) is 11.0. The standard InChI is InChI=1S/C22H26N6O2/c1-14-13-29-9-8-27(14)21-11-18(15-2-3-16-4-5-17(10-15)30-16)19-12-24-28(22(19)25-21)20-6-7-23-26-20/h2,6-7,11-12,14,16-17H,3-5,8-10,13H2,1H3,(H,23,26)/t14-,16+,17+/m1/s1. The molecule has 0 spiro atoms. The van der Waals surface area contributed by atoms with Crippen molar-refractivity contribution < 1.29 is 9.47 Å². The van der Waals surface area contributed by atoms with Gasteiger partial charge >= 0.3 is 0 Å². The smallest absolute Gasteiger partial charge is 0.177 e. The Balaban J connectivity index is 1.52. The van der Waals surface area contributed by atoms with E-state index in [0.29, 0.717) is 18.8 Å². The van der Waals surface area contributed by atoms with Crippen LogP contribution in [0.3, 0.4) is 0 Å². The summed E-state index contributed by atoms with van der Waals surface area (Å²) >= 11 is 0. The quantitative estimate of drug-likeness (QED) is 0.720. The number of hydrogen-bond acceptors (Lipinski definition) is 6. The van der Waals surface area contributed by atoms with Crippen LogP contribution >= 0.6 is 0 Å². The largest absolute Gasteiger partial charge is 0.377 e. The first-order valence-electron chi connectivity index (χ1n) is 10.8. The minimum Gasteiger partial charge on any atom is -0.377 e. The van der Waals surface area contributed by atoms with Gasteiger partial charge in [-0.3, -0.25) is 5.10 Å². The van der Waals surface area contributed by atoms with Crippen molar-refractivity contribution in [2.45, 2.75) is 50.9 Å². The van der Waals surface area contributed by atoms with Crippen LogP contribution in [0.15, 0.2) is 30.6 Å². The Bertz CT molecular complexity index is 1090. The van der Waals surface area contributed by atoms with E-state index in [1.165, 1.54) is 17.6 Å². The summed E-state index contributed by atoms with van der Waals surface area (Å²) in [4.78, 5) is 7.39. The monoisotopic (exact) mass is 406 g/mol. The lowest BCUT2D eigenvalue weighted by Gasteiger charge is -2.34. The second-order valence-corrected chi connectivity index (χ2v) is 8.50. The Morgan fingerprint density at radius 3 is 3.00 bits per heavy atom. The van der Waals surface area contributed by atoms with Gasteiger partial charge in [0, 0.05) is 24.2 Å². The van der Waals surface area contributed by atoms with Crippen molar-refractivity contribution in [3.63, 3.8) is 0 Å². The molecule has 3 aliphatic heterocycles. The zero-order valence-electron chi connectivity index (χ0n) is 17.1. The average Bonchev–Trinajstić information content (AvgIpc) is 3.47. The van der Waals surface area contributed by atoms with E-state index in [1.54, 1.807) is 6.20 Å². The third-order valence-corrected chi connectivity index (χ3v) is 6.51. The summed E-state index contributed by atoms with van der Waals surface area (Å²) in [6.45, 7) is 4.46. The molecule has 1 N–H and O–H groups in total. The molecule has 3 aliphatic rings. The molecule has 2 bridgehead atoms. The molecule has 3 aromatic rings. The lowest BCUT2D eigenvalue weighted by atomic mass is 9.93. The molecule has 2 saturated heterocycles. The van der Waals surface area contributed by atoms with Gasteiger partial charge in [-0.1, -0.05) is 6.08 Å². The first-order chi connectivity index (χ1) is 14.8. The number of hydrogen-bond donors (Lipinski definition) is 1. The number of rotatable bonds is 3. The first-order valence-corrected chi connectivity index (χ1v) is 10.8. The molecule has 0 aliphatic carbocycles. The second kappa shape index (κ2) is 7.21. The maximum absolute atomic E-state index is 6.18. The zero-order chi connectivity index (χ0) is 20.1. The van der Waals surface area contributed by atoms with Crippen molar-refractivity contribution in [1.29, 1.82) is 0 Å². The SMILES string of the molecule is C[C@@H]1COCCN1c1cc(C2=CC[C@H]3CC[C@@H](C2)O3)c2cnn(-c3cc[nH]n3)c2n1. The van der Waals surface area contributed by atoms with Crippen molar-refractivity contribution in [3.8, 4) is 5.82 Å². The van der Waals surface area contributed by atoms with Gasteiger partial charge in [-0.2, -0.15) is 14.9 Å². The molecular weight excluding hydrogens is 380 g/mol. The average molecular weight is 406 g/mol. The number of nitrogens with one attached hydrogen (secondary N) is 1. The summed E-state index contributed by atoms with van der Waals surface area (Å²) in [5, 5.41) is 12.9. The second-order valence-electron chi connectivity index (χ2n) is 8.50. The van der Waals surface area contributed by atoms with Crippen LogP contribution in [0.5, 0.6) is 0 Å². The molecule has 30 heavy (non-hydrogen) atoms. The van der Waals surface area contributed by atoms with Gasteiger partial charge < -0.3 is 14.4 Å². The zero-order valence-corrected chi connectivity index (χ0v) is 17.1. The van der Waals surface area contributed by atoms with Crippen LogP contribution in [0.2, 0.25) is 0 Å². The van der Waals surface area contributed by atoms with E-state index >= 15 is 0 Å². The van der Waals surface area contributed by atoms with Crippen molar-refractivity contribution in [2.75, 3.05) is 24.7 Å². The van der Waals surface area contributed by atoms with Gasteiger partial charge in [0.1, 0.15) is 5.82 Å². The molecule has 0 radical (unpaired) electrons. The van der Waals surface area contributed by atoms with Crippen LogP contribution in [0, 0.1) is 0 Å². The highest BCUT2D eigenvalue weighted by molar-refractivity contribution is 5.92. The predicted octanol–water partition coefficient (Wildman–Crippen LogP) is 3.09. The number of aromatic nitrogens is 5. The lowest BCUT2D eigenvalue weighted by Crippen LogP contribution is -2.44. The number of nitrogens with zero attached hydrogens (tertiary/aromatic N) is 5. The Labute approximate surface area is 174 Å². The normalized spacial score (nSPS) is 26.8. The molecule has 6 heterocycles. The maximum Gasteiger partial charge on any atom is 0.177 e. The van der Waals surface area contributed by atoms with Gasteiger partial charge in [0.25, 0.3) is 0 Å². The fourth-order valence-corrected chi connectivity index (χ4v) is 4.93. The van der Waals surface area contributed by atoms with Crippen molar-refractivity contribution >= 4 is 22.4 Å². The van der Waals surface area contributed by atoms with Crippen LogP contribution < -0.4 is 4.90 Å². The summed E-state index contributed by atoms with van der Waals surface area (Å²) in [7, 11) is 0. The number of pyridine rings is 1. The van der Waals surface area contributed by atoms with Gasteiger partial charge in [0.05, 0.1) is 37.7 Å². The van der Waals surface area contributed by atoms with Crippen molar-refractivity contribution in [2.24, 2.45) is 0 Å². The number of aromatic amines is 1. The summed E-state index contributed by atoms with van der Waals surface area (Å²) < 4.78 is 13.7. The molecule has 0 aromatic carbocycles. The Kier molecular flexibility index (Phi) is 4.35. The van der Waals surface area contributed by atoms with Gasteiger partial charge in [-0.05, 0) is 49.8 Å². The molecular formula is C22H26N6O2. The van der Waals surface area contributed by atoms with Crippen LogP contribution in [0.25, 0.3) is 22.4 Å². The molecule has 3 aromatic heterocycles. The van der Waals surface area contributed by atoms with Gasteiger partial charge in [-0.25, -0.2) is 4.98 Å². The molecule has 0 saturated carbocycles. The summed E-state index contributed by atoms with van der Waals surface area (Å²) in [5.41, 5.74) is 3.40. The minimum atomic E-state index is 0.278. The predicted molar refractivity (Wildman–Crippen MR) is 114 cm³/mol. The van der Waals surface area contributed by atoms with Crippen molar-refractivity contribution in [3.05, 3.63) is 36.2 Å². The topological polar surface area (TPSA) is 81.1 Å². The lowest BCUT2D eigenvalue weighted by molar-refractivity contribution is 0.0539. The molecule has 0 unspecified atom stereocenters. The highest BCUT2D eigenvalue weighted by Crippen LogP contribution is 2.38. The summed E-state index contributed by atoms with van der Waals surface area (Å²) in [6, 6.07) is 4.43. The maximum atomic E-state index is 6.18. The molecule has 156 valence electrons. The Morgan fingerprint density at radius 1 is 1.20 bits per heavy atom.